The van der Waals surface area contributed by atoms with Crippen LogP contribution >= 0.6 is 23.4 Å². The van der Waals surface area contributed by atoms with Crippen LogP contribution in [0.2, 0.25) is 5.02 Å². The molecule has 136 valence electrons. The van der Waals surface area contributed by atoms with Crippen LogP contribution in [0.15, 0.2) is 28.2 Å². The van der Waals surface area contributed by atoms with Crippen molar-refractivity contribution in [2.24, 2.45) is 11.8 Å². The molecule has 0 aliphatic carbocycles. The minimum absolute atomic E-state index is 0.0600. The molecule has 0 saturated heterocycles. The number of thioether (sulfide) groups is 1. The molecule has 1 aromatic heterocycles. The van der Waals surface area contributed by atoms with Gasteiger partial charge in [-0.3, -0.25) is 14.2 Å². The van der Waals surface area contributed by atoms with Crippen molar-refractivity contribution >= 4 is 40.2 Å². The van der Waals surface area contributed by atoms with E-state index in [9.17, 15) is 9.59 Å². The van der Waals surface area contributed by atoms with Crippen LogP contribution < -0.4 is 10.9 Å². The maximum absolute atomic E-state index is 12.8. The number of nitrogens with zero attached hydrogens (tertiary/aromatic N) is 2. The Kier molecular flexibility index (Phi) is 6.90. The average Bonchev–Trinajstić information content (AvgIpc) is 2.53. The molecular formula is C18H24ClN3O2S. The van der Waals surface area contributed by atoms with Crippen LogP contribution in [0, 0.1) is 11.8 Å². The van der Waals surface area contributed by atoms with Gasteiger partial charge in [0.05, 0.1) is 16.7 Å². The van der Waals surface area contributed by atoms with Crippen molar-refractivity contribution in [2.45, 2.75) is 39.4 Å². The van der Waals surface area contributed by atoms with E-state index in [4.69, 9.17) is 11.6 Å². The molecule has 2 aromatic rings. The van der Waals surface area contributed by atoms with Gasteiger partial charge in [0.15, 0.2) is 5.16 Å². The first-order valence-corrected chi connectivity index (χ1v) is 9.74. The molecule has 0 fully saturated rings. The van der Waals surface area contributed by atoms with Gasteiger partial charge in [-0.1, -0.05) is 51.1 Å². The van der Waals surface area contributed by atoms with E-state index in [0.717, 1.165) is 0 Å². The lowest BCUT2D eigenvalue weighted by atomic mass is 10.2. The first-order valence-electron chi connectivity index (χ1n) is 8.37. The predicted molar refractivity (Wildman–Crippen MR) is 104 cm³/mol. The number of amides is 1. The van der Waals surface area contributed by atoms with E-state index >= 15 is 0 Å². The molecule has 0 unspecified atom stereocenters. The third kappa shape index (κ3) is 5.47. The summed E-state index contributed by atoms with van der Waals surface area (Å²) in [6.07, 6.45) is 0. The van der Waals surface area contributed by atoms with Crippen LogP contribution in [0.5, 0.6) is 0 Å². The van der Waals surface area contributed by atoms with Gasteiger partial charge in [0.2, 0.25) is 5.91 Å². The molecule has 0 aliphatic heterocycles. The van der Waals surface area contributed by atoms with E-state index in [2.05, 4.69) is 10.3 Å². The Balaban J connectivity index is 2.32. The maximum atomic E-state index is 12.8. The minimum atomic E-state index is -0.0968. The Labute approximate surface area is 157 Å². The average molecular weight is 382 g/mol. The van der Waals surface area contributed by atoms with Crippen LogP contribution in [0.3, 0.4) is 0 Å². The number of hydrogen-bond donors (Lipinski definition) is 1. The molecule has 0 radical (unpaired) electrons. The standard InChI is InChI=1S/C18H24ClN3O2S/c1-11(2)8-20-16(23)10-25-18-21-15-7-13(19)5-6-14(15)17(24)22(18)9-12(3)4/h5-7,11-12H,8-10H2,1-4H3,(H,20,23). The Morgan fingerprint density at radius 2 is 2.00 bits per heavy atom. The number of carbonyl (C=O) groups excluding carboxylic acids is 1. The topological polar surface area (TPSA) is 64.0 Å². The zero-order valence-corrected chi connectivity index (χ0v) is 16.6. The lowest BCUT2D eigenvalue weighted by molar-refractivity contribution is -0.118. The summed E-state index contributed by atoms with van der Waals surface area (Å²) in [5.74, 6) is 0.853. The Morgan fingerprint density at radius 1 is 1.28 bits per heavy atom. The SMILES string of the molecule is CC(C)CNC(=O)CSc1nc2cc(Cl)ccc2c(=O)n1CC(C)C. The number of rotatable bonds is 7. The minimum Gasteiger partial charge on any atom is -0.355 e. The van der Waals surface area contributed by atoms with Crippen molar-refractivity contribution in [3.63, 3.8) is 0 Å². The van der Waals surface area contributed by atoms with E-state index in [1.54, 1.807) is 22.8 Å². The van der Waals surface area contributed by atoms with E-state index in [1.807, 2.05) is 27.7 Å². The largest absolute Gasteiger partial charge is 0.355 e. The number of halogens is 1. The van der Waals surface area contributed by atoms with Crippen molar-refractivity contribution in [1.29, 1.82) is 0 Å². The number of hydrogen-bond acceptors (Lipinski definition) is 4. The van der Waals surface area contributed by atoms with Crippen LogP contribution in [0.25, 0.3) is 10.9 Å². The first kappa shape index (κ1) is 19.8. The summed E-state index contributed by atoms with van der Waals surface area (Å²) in [6, 6.07) is 5.08. The molecule has 1 aromatic carbocycles. The molecule has 2 rings (SSSR count). The Bertz CT molecular complexity index is 818. The number of carbonyl (C=O) groups is 1. The summed E-state index contributed by atoms with van der Waals surface area (Å²) in [6.45, 7) is 9.37. The summed E-state index contributed by atoms with van der Waals surface area (Å²) in [5, 5.41) is 4.50. The van der Waals surface area contributed by atoms with Crippen molar-refractivity contribution in [3.8, 4) is 0 Å². The molecular weight excluding hydrogens is 358 g/mol. The second-order valence-electron chi connectivity index (χ2n) is 6.85. The van der Waals surface area contributed by atoms with Gasteiger partial charge in [-0.25, -0.2) is 4.98 Å². The van der Waals surface area contributed by atoms with Crippen molar-refractivity contribution < 1.29 is 4.79 Å². The highest BCUT2D eigenvalue weighted by atomic mass is 35.5. The fourth-order valence-electron chi connectivity index (χ4n) is 2.31. The summed E-state index contributed by atoms with van der Waals surface area (Å²) in [5.41, 5.74) is 0.461. The van der Waals surface area contributed by atoms with E-state index < -0.39 is 0 Å². The van der Waals surface area contributed by atoms with Gasteiger partial charge in [-0.15, -0.1) is 0 Å². The van der Waals surface area contributed by atoms with Crippen LogP contribution in [0.1, 0.15) is 27.7 Å². The van der Waals surface area contributed by atoms with Crippen LogP contribution in [0.4, 0.5) is 0 Å². The molecule has 0 atom stereocenters. The van der Waals surface area contributed by atoms with Gasteiger partial charge in [0, 0.05) is 18.1 Å². The van der Waals surface area contributed by atoms with Crippen LogP contribution in [-0.4, -0.2) is 27.8 Å². The number of nitrogens with one attached hydrogen (secondary N) is 1. The smallest absolute Gasteiger partial charge is 0.262 e. The highest BCUT2D eigenvalue weighted by Crippen LogP contribution is 2.21. The molecule has 0 bridgehead atoms. The highest BCUT2D eigenvalue weighted by Gasteiger charge is 2.14. The Morgan fingerprint density at radius 3 is 2.64 bits per heavy atom. The summed E-state index contributed by atoms with van der Waals surface area (Å²) in [7, 11) is 0. The third-order valence-electron chi connectivity index (χ3n) is 3.47. The van der Waals surface area contributed by atoms with Crippen molar-refractivity contribution in [3.05, 3.63) is 33.6 Å². The van der Waals surface area contributed by atoms with E-state index in [-0.39, 0.29) is 17.2 Å². The molecule has 1 N–H and O–H groups in total. The number of benzene rings is 1. The van der Waals surface area contributed by atoms with E-state index in [1.165, 1.54) is 11.8 Å². The second kappa shape index (κ2) is 8.72. The first-order chi connectivity index (χ1) is 11.8. The molecule has 0 aliphatic rings. The molecule has 0 spiro atoms. The van der Waals surface area contributed by atoms with Gasteiger partial charge in [0.1, 0.15) is 0 Å². The summed E-state index contributed by atoms with van der Waals surface area (Å²) in [4.78, 5) is 29.4. The maximum Gasteiger partial charge on any atom is 0.262 e. The number of fused-ring (bicyclic) bond motifs is 1. The monoisotopic (exact) mass is 381 g/mol. The van der Waals surface area contributed by atoms with Crippen LogP contribution in [-0.2, 0) is 11.3 Å². The fourth-order valence-corrected chi connectivity index (χ4v) is 3.31. The van der Waals surface area contributed by atoms with Crippen molar-refractivity contribution in [1.82, 2.24) is 14.9 Å². The van der Waals surface area contributed by atoms with E-state index in [0.29, 0.717) is 46.0 Å². The third-order valence-corrected chi connectivity index (χ3v) is 4.68. The van der Waals surface area contributed by atoms with Gasteiger partial charge in [-0.05, 0) is 30.0 Å². The molecule has 0 saturated carbocycles. The lowest BCUT2D eigenvalue weighted by Gasteiger charge is -2.15. The lowest BCUT2D eigenvalue weighted by Crippen LogP contribution is -2.30. The Hall–Kier alpha value is -1.53. The molecule has 1 heterocycles. The van der Waals surface area contributed by atoms with Gasteiger partial charge in [0.25, 0.3) is 5.56 Å². The zero-order chi connectivity index (χ0) is 18.6. The zero-order valence-electron chi connectivity index (χ0n) is 15.0. The fraction of sp³-hybridized carbons (Fsp3) is 0.500. The summed E-state index contributed by atoms with van der Waals surface area (Å²) >= 11 is 7.31. The molecule has 7 heteroatoms. The van der Waals surface area contributed by atoms with Gasteiger partial charge in [-0.2, -0.15) is 0 Å². The van der Waals surface area contributed by atoms with Gasteiger partial charge < -0.3 is 5.32 Å². The number of aromatic nitrogens is 2. The predicted octanol–water partition coefficient (Wildman–Crippen LogP) is 3.57. The quantitative estimate of drug-likeness (QED) is 0.588. The normalized spacial score (nSPS) is 11.5. The van der Waals surface area contributed by atoms with Gasteiger partial charge >= 0.3 is 0 Å². The molecule has 5 nitrogen and oxygen atoms in total. The molecule has 25 heavy (non-hydrogen) atoms. The molecule has 1 amide bonds. The summed E-state index contributed by atoms with van der Waals surface area (Å²) < 4.78 is 1.65. The van der Waals surface area contributed by atoms with Crippen molar-refractivity contribution in [2.75, 3.05) is 12.3 Å². The highest BCUT2D eigenvalue weighted by molar-refractivity contribution is 7.99. The second-order valence-corrected chi connectivity index (χ2v) is 8.23.